The highest BCUT2D eigenvalue weighted by Crippen LogP contribution is 2.29. The molecular weight excluding hydrogens is 342 g/mol. The van der Waals surface area contributed by atoms with Crippen molar-refractivity contribution in [3.05, 3.63) is 35.2 Å². The van der Waals surface area contributed by atoms with E-state index >= 15 is 0 Å². The van der Waals surface area contributed by atoms with Crippen LogP contribution in [0.3, 0.4) is 0 Å². The maximum Gasteiger partial charge on any atom is 0.210 e. The number of rotatable bonds is 7. The van der Waals surface area contributed by atoms with Gasteiger partial charge in [-0.2, -0.15) is 0 Å². The Kier molecular flexibility index (Phi) is 5.41. The normalized spacial score (nSPS) is 11.0. The van der Waals surface area contributed by atoms with Gasteiger partial charge in [-0.3, -0.25) is 0 Å². The Morgan fingerprint density at radius 3 is 2.83 bits per heavy atom. The molecule has 0 aliphatic carbocycles. The van der Waals surface area contributed by atoms with Crippen LogP contribution in [0.15, 0.2) is 22.5 Å². The van der Waals surface area contributed by atoms with E-state index in [1.165, 1.54) is 22.5 Å². The van der Waals surface area contributed by atoms with E-state index in [-0.39, 0.29) is 0 Å². The molecule has 1 N–H and O–H groups in total. The molecule has 0 radical (unpaired) electrons. The Morgan fingerprint density at radius 1 is 1.17 bits per heavy atom. The molecule has 2 heterocycles. The fourth-order valence-electron chi connectivity index (χ4n) is 2.10. The number of nitrogens with one attached hydrogen (secondary N) is 1. The van der Waals surface area contributed by atoms with Crippen molar-refractivity contribution in [1.82, 2.24) is 30.4 Å². The Hall–Kier alpha value is -2.00. The monoisotopic (exact) mass is 361 g/mol. The predicted molar refractivity (Wildman–Crippen MR) is 96.8 cm³/mol. The minimum atomic E-state index is 0.686. The van der Waals surface area contributed by atoms with E-state index in [0.29, 0.717) is 5.75 Å². The number of aryl methyl sites for hydroxylation is 3. The standard InChI is InChI=1S/C15H19N7S2/c1-4-7-22-13(17-20-21-22)9-23-15-19-18-14(24-15)16-12-6-5-10(2)11(3)8-12/h5-6,8H,4,7,9H2,1-3H3,(H,16,18). The molecule has 1 aromatic carbocycles. The van der Waals surface area contributed by atoms with Gasteiger partial charge in [0, 0.05) is 12.2 Å². The van der Waals surface area contributed by atoms with Gasteiger partial charge in [0.2, 0.25) is 5.13 Å². The number of anilines is 2. The Labute approximate surface area is 148 Å². The van der Waals surface area contributed by atoms with Gasteiger partial charge in [0.05, 0.1) is 5.75 Å². The molecule has 0 bridgehead atoms. The van der Waals surface area contributed by atoms with Gasteiger partial charge in [-0.05, 0) is 54.0 Å². The van der Waals surface area contributed by atoms with Crippen molar-refractivity contribution in [3.8, 4) is 0 Å². The molecule has 0 atom stereocenters. The summed E-state index contributed by atoms with van der Waals surface area (Å²) in [5.74, 6) is 1.55. The van der Waals surface area contributed by atoms with Gasteiger partial charge in [0.25, 0.3) is 0 Å². The first-order chi connectivity index (χ1) is 11.7. The molecule has 7 nitrogen and oxygen atoms in total. The van der Waals surface area contributed by atoms with Crippen molar-refractivity contribution >= 4 is 33.9 Å². The zero-order valence-electron chi connectivity index (χ0n) is 13.9. The highest BCUT2D eigenvalue weighted by molar-refractivity contribution is 8.00. The lowest BCUT2D eigenvalue weighted by Crippen LogP contribution is -2.04. The summed E-state index contributed by atoms with van der Waals surface area (Å²) in [4.78, 5) is 0. The van der Waals surface area contributed by atoms with E-state index < -0.39 is 0 Å². The van der Waals surface area contributed by atoms with Crippen LogP contribution >= 0.6 is 23.1 Å². The number of benzene rings is 1. The summed E-state index contributed by atoms with van der Waals surface area (Å²) in [5, 5.41) is 24.3. The van der Waals surface area contributed by atoms with Crippen LogP contribution in [0.25, 0.3) is 0 Å². The molecule has 126 valence electrons. The molecule has 0 fully saturated rings. The molecule has 0 unspecified atom stereocenters. The van der Waals surface area contributed by atoms with E-state index in [1.807, 2.05) is 4.68 Å². The molecule has 0 amide bonds. The Balaban J connectivity index is 1.61. The van der Waals surface area contributed by atoms with Crippen LogP contribution in [-0.2, 0) is 12.3 Å². The van der Waals surface area contributed by atoms with Crippen LogP contribution in [0.4, 0.5) is 10.8 Å². The quantitative estimate of drug-likeness (QED) is 0.644. The van der Waals surface area contributed by atoms with Gasteiger partial charge in [0.15, 0.2) is 10.2 Å². The molecule has 0 spiro atoms. The molecule has 3 aromatic rings. The molecule has 0 saturated heterocycles. The van der Waals surface area contributed by atoms with Gasteiger partial charge in [-0.15, -0.1) is 15.3 Å². The topological polar surface area (TPSA) is 81.4 Å². The van der Waals surface area contributed by atoms with Crippen molar-refractivity contribution < 1.29 is 0 Å². The first-order valence-electron chi connectivity index (χ1n) is 7.71. The van der Waals surface area contributed by atoms with Crippen molar-refractivity contribution in [3.63, 3.8) is 0 Å². The van der Waals surface area contributed by atoms with Crippen LogP contribution in [0, 0.1) is 13.8 Å². The Morgan fingerprint density at radius 2 is 2.04 bits per heavy atom. The van der Waals surface area contributed by atoms with Crippen molar-refractivity contribution in [1.29, 1.82) is 0 Å². The SMILES string of the molecule is CCCn1nnnc1CSc1nnc(Nc2ccc(C)c(C)c2)s1. The van der Waals surface area contributed by atoms with E-state index in [4.69, 9.17) is 0 Å². The highest BCUT2D eigenvalue weighted by atomic mass is 32.2. The van der Waals surface area contributed by atoms with Gasteiger partial charge in [0.1, 0.15) is 0 Å². The molecule has 3 rings (SSSR count). The number of thioether (sulfide) groups is 1. The number of tetrazole rings is 1. The molecule has 0 aliphatic rings. The zero-order valence-corrected chi connectivity index (χ0v) is 15.5. The third-order valence-corrected chi connectivity index (χ3v) is 5.50. The first kappa shape index (κ1) is 16.8. The summed E-state index contributed by atoms with van der Waals surface area (Å²) in [6.07, 6.45) is 1.01. The van der Waals surface area contributed by atoms with Crippen LogP contribution in [0.1, 0.15) is 30.3 Å². The fourth-order valence-corrected chi connectivity index (χ4v) is 3.80. The minimum absolute atomic E-state index is 0.686. The average Bonchev–Trinajstić information content (AvgIpc) is 3.19. The summed E-state index contributed by atoms with van der Waals surface area (Å²) < 4.78 is 2.73. The lowest BCUT2D eigenvalue weighted by Gasteiger charge is -2.05. The molecule has 24 heavy (non-hydrogen) atoms. The van der Waals surface area contributed by atoms with E-state index in [2.05, 4.69) is 70.0 Å². The lowest BCUT2D eigenvalue weighted by atomic mass is 10.1. The largest absolute Gasteiger partial charge is 0.330 e. The zero-order chi connectivity index (χ0) is 16.9. The van der Waals surface area contributed by atoms with Gasteiger partial charge in [-0.1, -0.05) is 36.1 Å². The summed E-state index contributed by atoms with van der Waals surface area (Å²) in [6, 6.07) is 6.26. The van der Waals surface area contributed by atoms with E-state index in [1.54, 1.807) is 11.8 Å². The predicted octanol–water partition coefficient (Wildman–Crippen LogP) is 3.59. The second-order valence-corrected chi connectivity index (χ2v) is 7.60. The van der Waals surface area contributed by atoms with Gasteiger partial charge in [-0.25, -0.2) is 4.68 Å². The van der Waals surface area contributed by atoms with E-state index in [9.17, 15) is 0 Å². The molecule has 0 aliphatic heterocycles. The van der Waals surface area contributed by atoms with Gasteiger partial charge < -0.3 is 5.32 Å². The molecule has 2 aromatic heterocycles. The summed E-state index contributed by atoms with van der Waals surface area (Å²) in [7, 11) is 0. The fraction of sp³-hybridized carbons (Fsp3) is 0.400. The minimum Gasteiger partial charge on any atom is -0.330 e. The number of nitrogens with zero attached hydrogens (tertiary/aromatic N) is 6. The molecular formula is C15H19N7S2. The van der Waals surface area contributed by atoms with Crippen LogP contribution in [0.5, 0.6) is 0 Å². The van der Waals surface area contributed by atoms with Crippen LogP contribution in [0.2, 0.25) is 0 Å². The summed E-state index contributed by atoms with van der Waals surface area (Å²) in [6.45, 7) is 7.14. The van der Waals surface area contributed by atoms with Crippen LogP contribution in [-0.4, -0.2) is 30.4 Å². The Bertz CT molecular complexity index is 812. The second kappa shape index (κ2) is 7.71. The van der Waals surface area contributed by atoms with Gasteiger partial charge >= 0.3 is 0 Å². The smallest absolute Gasteiger partial charge is 0.210 e. The third-order valence-electron chi connectivity index (χ3n) is 3.53. The van der Waals surface area contributed by atoms with E-state index in [0.717, 1.165) is 33.9 Å². The average molecular weight is 362 g/mol. The third kappa shape index (κ3) is 4.09. The highest BCUT2D eigenvalue weighted by Gasteiger charge is 2.10. The van der Waals surface area contributed by atoms with Crippen molar-refractivity contribution in [2.75, 3.05) is 5.32 Å². The maximum absolute atomic E-state index is 4.22. The maximum atomic E-state index is 4.22. The number of hydrogen-bond donors (Lipinski definition) is 1. The first-order valence-corrected chi connectivity index (χ1v) is 9.51. The number of hydrogen-bond acceptors (Lipinski definition) is 8. The lowest BCUT2D eigenvalue weighted by molar-refractivity contribution is 0.564. The van der Waals surface area contributed by atoms with Crippen molar-refractivity contribution in [2.45, 2.75) is 43.8 Å². The number of aromatic nitrogens is 6. The van der Waals surface area contributed by atoms with Crippen LogP contribution < -0.4 is 5.32 Å². The molecule has 0 saturated carbocycles. The summed E-state index contributed by atoms with van der Waals surface area (Å²) in [5.41, 5.74) is 3.55. The second-order valence-electron chi connectivity index (χ2n) is 5.40. The molecule has 9 heteroatoms. The summed E-state index contributed by atoms with van der Waals surface area (Å²) >= 11 is 3.13. The van der Waals surface area contributed by atoms with Crippen molar-refractivity contribution in [2.24, 2.45) is 0 Å².